The van der Waals surface area contributed by atoms with Crippen LogP contribution < -0.4 is 11.1 Å². The van der Waals surface area contributed by atoms with Gasteiger partial charge in [0.2, 0.25) is 11.8 Å². The van der Waals surface area contributed by atoms with Gasteiger partial charge in [-0.05, 0) is 77.4 Å². The van der Waals surface area contributed by atoms with Crippen molar-refractivity contribution >= 4 is 50.4 Å². The highest BCUT2D eigenvalue weighted by atomic mass is 79.9. The number of piperidine rings is 1. The van der Waals surface area contributed by atoms with Crippen LogP contribution in [0, 0.1) is 19.3 Å². The van der Waals surface area contributed by atoms with Crippen molar-refractivity contribution in [3.8, 4) is 11.1 Å². The lowest BCUT2D eigenvalue weighted by Crippen LogP contribution is -2.47. The lowest BCUT2D eigenvalue weighted by molar-refractivity contribution is -0.138. The largest absolute Gasteiger partial charge is 0.364 e. The second-order valence-corrected chi connectivity index (χ2v) is 11.6. The molecule has 6 rings (SSSR count). The molecule has 1 aromatic carbocycles. The van der Waals surface area contributed by atoms with Crippen LogP contribution in [0.2, 0.25) is 0 Å². The zero-order valence-electron chi connectivity index (χ0n) is 22.2. The van der Waals surface area contributed by atoms with Crippen LogP contribution in [-0.2, 0) is 16.1 Å². The summed E-state index contributed by atoms with van der Waals surface area (Å²) in [6.45, 7) is 5.62. The van der Waals surface area contributed by atoms with Crippen molar-refractivity contribution in [1.82, 2.24) is 29.6 Å². The van der Waals surface area contributed by atoms with Gasteiger partial charge in [-0.3, -0.25) is 19.1 Å². The number of nitrogens with one attached hydrogen (secondary N) is 1. The monoisotopic (exact) mass is 602 g/mol. The third kappa shape index (κ3) is 4.51. The highest BCUT2D eigenvalue weighted by molar-refractivity contribution is 9.10. The van der Waals surface area contributed by atoms with E-state index in [9.17, 15) is 14.4 Å². The molecule has 3 aromatic heterocycles. The maximum Gasteiger partial charge on any atom is 0.269 e. The lowest BCUT2D eigenvalue weighted by atomic mass is 10.0. The Hall–Kier alpha value is -4.19. The third-order valence-corrected chi connectivity index (χ3v) is 8.36. The van der Waals surface area contributed by atoms with Gasteiger partial charge in [0.1, 0.15) is 28.8 Å². The van der Waals surface area contributed by atoms with E-state index in [0.29, 0.717) is 33.6 Å². The Morgan fingerprint density at radius 1 is 1.10 bits per heavy atom. The average Bonchev–Trinajstić information content (AvgIpc) is 3.28. The van der Waals surface area contributed by atoms with Gasteiger partial charge in [0, 0.05) is 29.4 Å². The van der Waals surface area contributed by atoms with Crippen molar-refractivity contribution in [3.63, 3.8) is 0 Å². The van der Waals surface area contributed by atoms with Crippen LogP contribution in [0.5, 0.6) is 0 Å². The Bertz CT molecular complexity index is 1700. The van der Waals surface area contributed by atoms with E-state index >= 15 is 0 Å². The van der Waals surface area contributed by atoms with E-state index in [1.165, 1.54) is 4.68 Å². The normalized spacial score (nSPS) is 21.4. The number of nitrogens with zero attached hydrogens (tertiary/aromatic N) is 6. The summed E-state index contributed by atoms with van der Waals surface area (Å²) in [5.74, 6) is -0.113. The highest BCUT2D eigenvalue weighted by Gasteiger charge is 2.64. The summed E-state index contributed by atoms with van der Waals surface area (Å²) in [7, 11) is 0. The molecule has 3 amide bonds. The SMILES string of the molecule is Cc1ncc(-c2ccc3c(c2)c(C(N)=O)nn3CC(=O)N2[C@H](C(=O)Nc3nc(Br)ccc3C)C[C@@]3(C)C[C@@H]23)cn1. The topological polar surface area (TPSA) is 149 Å². The molecule has 1 saturated heterocycles. The van der Waals surface area contributed by atoms with E-state index in [4.69, 9.17) is 5.73 Å². The van der Waals surface area contributed by atoms with Crippen molar-refractivity contribution in [2.45, 2.75) is 52.2 Å². The average molecular weight is 603 g/mol. The van der Waals surface area contributed by atoms with Gasteiger partial charge < -0.3 is 16.0 Å². The summed E-state index contributed by atoms with van der Waals surface area (Å²) in [5.41, 5.74) is 8.61. The molecule has 0 radical (unpaired) electrons. The Kier molecular flexibility index (Phi) is 6.17. The number of primary amides is 1. The van der Waals surface area contributed by atoms with Crippen LogP contribution in [0.4, 0.5) is 5.82 Å². The Labute approximate surface area is 238 Å². The van der Waals surface area contributed by atoms with Crippen LogP contribution in [0.3, 0.4) is 0 Å². The maximum absolute atomic E-state index is 13.8. The molecule has 11 nitrogen and oxygen atoms in total. The lowest BCUT2D eigenvalue weighted by Gasteiger charge is -2.27. The van der Waals surface area contributed by atoms with E-state index in [-0.39, 0.29) is 35.5 Å². The molecule has 1 saturated carbocycles. The number of aryl methyl sites for hydroxylation is 2. The molecule has 2 fully saturated rings. The molecule has 12 heteroatoms. The number of carbonyl (C=O) groups excluding carboxylic acids is 3. The maximum atomic E-state index is 13.8. The van der Waals surface area contributed by atoms with Gasteiger partial charge in [0.15, 0.2) is 5.69 Å². The zero-order chi connectivity index (χ0) is 28.3. The van der Waals surface area contributed by atoms with Gasteiger partial charge in [-0.2, -0.15) is 5.10 Å². The number of anilines is 1. The van der Waals surface area contributed by atoms with Crippen molar-refractivity contribution in [3.05, 3.63) is 64.4 Å². The molecule has 204 valence electrons. The fraction of sp³-hybridized carbons (Fsp3) is 0.321. The van der Waals surface area contributed by atoms with Crippen LogP contribution >= 0.6 is 15.9 Å². The molecule has 0 spiro atoms. The number of hydrogen-bond donors (Lipinski definition) is 2. The molecule has 0 unspecified atom stereocenters. The highest BCUT2D eigenvalue weighted by Crippen LogP contribution is 2.59. The number of nitrogens with two attached hydrogens (primary N) is 1. The number of benzene rings is 1. The Balaban J connectivity index is 1.29. The van der Waals surface area contributed by atoms with Crippen molar-refractivity contribution in [1.29, 1.82) is 0 Å². The molecule has 3 atom stereocenters. The number of halogens is 1. The predicted octanol–water partition coefficient (Wildman–Crippen LogP) is 3.38. The number of fused-ring (bicyclic) bond motifs is 2. The van der Waals surface area contributed by atoms with E-state index in [1.807, 2.05) is 19.1 Å². The first-order valence-corrected chi connectivity index (χ1v) is 13.7. The molecule has 1 aliphatic carbocycles. The minimum atomic E-state index is -0.696. The quantitative estimate of drug-likeness (QED) is 0.321. The third-order valence-electron chi connectivity index (χ3n) is 7.91. The van der Waals surface area contributed by atoms with Gasteiger partial charge in [-0.1, -0.05) is 19.1 Å². The second kappa shape index (κ2) is 9.47. The number of hydrogen-bond acceptors (Lipinski definition) is 7. The van der Waals surface area contributed by atoms with Gasteiger partial charge in [-0.25, -0.2) is 15.0 Å². The Morgan fingerprint density at radius 3 is 2.58 bits per heavy atom. The predicted molar refractivity (Wildman–Crippen MR) is 151 cm³/mol. The number of likely N-dealkylation sites (tertiary alicyclic amines) is 1. The molecule has 4 heterocycles. The molecular weight excluding hydrogens is 576 g/mol. The minimum absolute atomic E-state index is 0.0297. The van der Waals surface area contributed by atoms with Crippen molar-refractivity contribution < 1.29 is 14.4 Å². The molecule has 0 bridgehead atoms. The standard InChI is InChI=1S/C28H27BrN8O3/c1-14-4-7-22(29)33-26(14)34-27(40)20-9-28(3)10-21(28)37(20)23(38)13-36-19-6-5-16(17-11-31-15(2)32-12-17)8-18(19)24(35-36)25(30)39/h4-8,11-12,20-21H,9-10,13H2,1-3H3,(H2,30,39)(H,33,34,40)/t20-,21+,28-/m0/s1. The first kappa shape index (κ1) is 26.1. The van der Waals surface area contributed by atoms with Crippen LogP contribution in [-0.4, -0.2) is 59.4 Å². The summed E-state index contributed by atoms with van der Waals surface area (Å²) < 4.78 is 2.09. The van der Waals surface area contributed by atoms with Crippen LogP contribution in [0.25, 0.3) is 22.0 Å². The first-order valence-electron chi connectivity index (χ1n) is 12.9. The van der Waals surface area contributed by atoms with E-state index in [1.54, 1.807) is 42.4 Å². The summed E-state index contributed by atoms with van der Waals surface area (Å²) in [6.07, 6.45) is 4.82. The molecular formula is C28H27BrN8O3. The summed E-state index contributed by atoms with van der Waals surface area (Å²) in [5, 5.41) is 7.85. The number of pyridine rings is 1. The summed E-state index contributed by atoms with van der Waals surface area (Å²) in [4.78, 5) is 54.0. The number of aromatic nitrogens is 5. The number of carbonyl (C=O) groups is 3. The van der Waals surface area contributed by atoms with Gasteiger partial charge in [0.25, 0.3) is 5.91 Å². The molecule has 40 heavy (non-hydrogen) atoms. The second-order valence-electron chi connectivity index (χ2n) is 10.8. The van der Waals surface area contributed by atoms with E-state index < -0.39 is 11.9 Å². The summed E-state index contributed by atoms with van der Waals surface area (Å²) in [6, 6.07) is 8.46. The smallest absolute Gasteiger partial charge is 0.269 e. The number of amides is 3. The Morgan fingerprint density at radius 2 is 1.85 bits per heavy atom. The van der Waals surface area contributed by atoms with Gasteiger partial charge >= 0.3 is 0 Å². The fourth-order valence-electron chi connectivity index (χ4n) is 5.60. The molecule has 3 N–H and O–H groups in total. The number of rotatable bonds is 6. The first-order chi connectivity index (χ1) is 19.0. The van der Waals surface area contributed by atoms with Crippen molar-refractivity contribution in [2.24, 2.45) is 11.1 Å². The fourth-order valence-corrected chi connectivity index (χ4v) is 5.91. The minimum Gasteiger partial charge on any atom is -0.364 e. The van der Waals surface area contributed by atoms with Gasteiger partial charge in [0.05, 0.1) is 5.52 Å². The van der Waals surface area contributed by atoms with Crippen molar-refractivity contribution in [2.75, 3.05) is 5.32 Å². The molecule has 4 aromatic rings. The molecule has 1 aliphatic heterocycles. The van der Waals surface area contributed by atoms with Gasteiger partial charge in [-0.15, -0.1) is 0 Å². The zero-order valence-corrected chi connectivity index (χ0v) is 23.8. The van der Waals surface area contributed by atoms with E-state index in [0.717, 1.165) is 23.1 Å². The summed E-state index contributed by atoms with van der Waals surface area (Å²) >= 11 is 3.34. The molecule has 2 aliphatic rings. The van der Waals surface area contributed by atoms with Crippen LogP contribution in [0.15, 0.2) is 47.3 Å². The van der Waals surface area contributed by atoms with Crippen LogP contribution in [0.1, 0.15) is 41.6 Å². The van der Waals surface area contributed by atoms with E-state index in [2.05, 4.69) is 48.2 Å².